The third kappa shape index (κ3) is 5.60. The van der Waals surface area contributed by atoms with E-state index >= 15 is 0 Å². The summed E-state index contributed by atoms with van der Waals surface area (Å²) < 4.78 is 26.1. The highest BCUT2D eigenvalue weighted by molar-refractivity contribution is 14.1. The molecule has 3 aromatic rings. The number of nitrogens with one attached hydrogen (secondary N) is 1. The van der Waals surface area contributed by atoms with Crippen LogP contribution in [0.2, 0.25) is 0 Å². The number of anilines is 1. The fourth-order valence-electron chi connectivity index (χ4n) is 2.67. The van der Waals surface area contributed by atoms with Gasteiger partial charge in [0.15, 0.2) is 11.5 Å². The Morgan fingerprint density at radius 1 is 0.926 bits per heavy atom. The normalized spacial score (nSPS) is 10.5. The van der Waals surface area contributed by atoms with Crippen LogP contribution in [0.4, 0.5) is 10.1 Å². The van der Waals surface area contributed by atoms with Gasteiger partial charge in [0, 0.05) is 12.2 Å². The summed E-state index contributed by atoms with van der Waals surface area (Å²) in [6, 6.07) is 20.5. The molecule has 27 heavy (non-hydrogen) atoms. The minimum atomic E-state index is -0.266. The number of hydrogen-bond donors (Lipinski definition) is 1. The molecule has 0 spiro atoms. The molecule has 0 unspecified atom stereocenters. The van der Waals surface area contributed by atoms with Crippen molar-refractivity contribution in [3.8, 4) is 11.5 Å². The Morgan fingerprint density at radius 3 is 2.48 bits per heavy atom. The Morgan fingerprint density at radius 2 is 1.74 bits per heavy atom. The van der Waals surface area contributed by atoms with Gasteiger partial charge in [-0.1, -0.05) is 30.3 Å². The van der Waals surface area contributed by atoms with E-state index in [0.717, 1.165) is 20.4 Å². The summed E-state index contributed by atoms with van der Waals surface area (Å²) >= 11 is 2.25. The van der Waals surface area contributed by atoms with Crippen LogP contribution in [0, 0.1) is 9.39 Å². The molecule has 0 fully saturated rings. The monoisotopic (exact) mass is 477 g/mol. The summed E-state index contributed by atoms with van der Waals surface area (Å²) in [6.45, 7) is 3.46. The van der Waals surface area contributed by atoms with Crippen molar-refractivity contribution in [3.63, 3.8) is 0 Å². The molecule has 0 atom stereocenters. The zero-order chi connectivity index (χ0) is 19.1. The molecule has 0 saturated carbocycles. The summed E-state index contributed by atoms with van der Waals surface area (Å²) in [6.07, 6.45) is 0. The summed E-state index contributed by atoms with van der Waals surface area (Å²) in [5.74, 6) is 1.12. The highest BCUT2D eigenvalue weighted by atomic mass is 127. The molecule has 1 N–H and O–H groups in total. The van der Waals surface area contributed by atoms with E-state index in [1.165, 1.54) is 12.1 Å². The van der Waals surface area contributed by atoms with E-state index in [4.69, 9.17) is 9.47 Å². The van der Waals surface area contributed by atoms with E-state index in [9.17, 15) is 4.39 Å². The van der Waals surface area contributed by atoms with E-state index in [1.54, 1.807) is 6.07 Å². The van der Waals surface area contributed by atoms with Gasteiger partial charge in [0.25, 0.3) is 0 Å². The number of hydrogen-bond acceptors (Lipinski definition) is 3. The molecular formula is C22H21FINO2. The van der Waals surface area contributed by atoms with Crippen molar-refractivity contribution in [2.24, 2.45) is 0 Å². The third-order valence-electron chi connectivity index (χ3n) is 3.91. The molecule has 0 aromatic heterocycles. The summed E-state index contributed by atoms with van der Waals surface area (Å²) in [5, 5.41) is 3.40. The van der Waals surface area contributed by atoms with Gasteiger partial charge in [0.2, 0.25) is 0 Å². The first-order valence-electron chi connectivity index (χ1n) is 8.77. The van der Waals surface area contributed by atoms with E-state index in [2.05, 4.69) is 34.0 Å². The van der Waals surface area contributed by atoms with Crippen LogP contribution >= 0.6 is 22.6 Å². The number of rotatable bonds is 8. The molecule has 3 aromatic carbocycles. The van der Waals surface area contributed by atoms with Gasteiger partial charge in [-0.15, -0.1) is 0 Å². The average molecular weight is 477 g/mol. The smallest absolute Gasteiger partial charge is 0.174 e. The van der Waals surface area contributed by atoms with Crippen LogP contribution in [0.3, 0.4) is 0 Å². The molecular weight excluding hydrogens is 456 g/mol. The van der Waals surface area contributed by atoms with Gasteiger partial charge >= 0.3 is 0 Å². The number of benzene rings is 3. The predicted molar refractivity (Wildman–Crippen MR) is 115 cm³/mol. The third-order valence-corrected chi connectivity index (χ3v) is 4.71. The summed E-state index contributed by atoms with van der Waals surface area (Å²) in [5.41, 5.74) is 2.95. The lowest BCUT2D eigenvalue weighted by Crippen LogP contribution is -2.05. The lowest BCUT2D eigenvalue weighted by atomic mass is 10.2. The second kappa shape index (κ2) is 9.60. The summed E-state index contributed by atoms with van der Waals surface area (Å²) in [7, 11) is 0. The molecule has 5 heteroatoms. The molecule has 3 nitrogen and oxygen atoms in total. The fourth-order valence-corrected chi connectivity index (χ4v) is 3.49. The Labute approximate surface area is 172 Å². The van der Waals surface area contributed by atoms with Crippen LogP contribution in [0.15, 0.2) is 66.7 Å². The van der Waals surface area contributed by atoms with Gasteiger partial charge in [-0.05, 0) is 77.0 Å². The predicted octanol–water partition coefficient (Wildman–Crippen LogP) is 6.02. The quantitative estimate of drug-likeness (QED) is 0.403. The van der Waals surface area contributed by atoms with Gasteiger partial charge in [-0.3, -0.25) is 0 Å². The van der Waals surface area contributed by atoms with Crippen molar-refractivity contribution >= 4 is 28.3 Å². The van der Waals surface area contributed by atoms with Crippen molar-refractivity contribution in [1.29, 1.82) is 0 Å². The number of halogens is 2. The van der Waals surface area contributed by atoms with Crippen molar-refractivity contribution in [2.45, 2.75) is 20.1 Å². The number of para-hydroxylation sites is 1. The maximum absolute atomic E-state index is 13.4. The SMILES string of the molecule is CCOc1cc(CNc2ccccc2)cc(I)c1OCc1cccc(F)c1. The molecule has 0 bridgehead atoms. The highest BCUT2D eigenvalue weighted by Gasteiger charge is 2.13. The zero-order valence-corrected chi connectivity index (χ0v) is 17.2. The van der Waals surface area contributed by atoms with E-state index < -0.39 is 0 Å². The van der Waals surface area contributed by atoms with Crippen molar-refractivity contribution in [3.05, 3.63) is 87.2 Å². The topological polar surface area (TPSA) is 30.5 Å². The van der Waals surface area contributed by atoms with Gasteiger partial charge in [-0.2, -0.15) is 0 Å². The van der Waals surface area contributed by atoms with Crippen LogP contribution in [-0.2, 0) is 13.2 Å². The fraction of sp³-hybridized carbons (Fsp3) is 0.182. The molecule has 0 saturated heterocycles. The van der Waals surface area contributed by atoms with Gasteiger partial charge < -0.3 is 14.8 Å². The molecule has 0 aliphatic rings. The Hall–Kier alpha value is -2.28. The second-order valence-electron chi connectivity index (χ2n) is 5.98. The minimum Gasteiger partial charge on any atom is -0.490 e. The number of ether oxygens (including phenoxy) is 2. The first-order valence-corrected chi connectivity index (χ1v) is 9.85. The Balaban J connectivity index is 1.75. The molecule has 0 radical (unpaired) electrons. The molecule has 140 valence electrons. The van der Waals surface area contributed by atoms with Crippen LogP contribution in [0.25, 0.3) is 0 Å². The van der Waals surface area contributed by atoms with E-state index in [1.807, 2.05) is 49.4 Å². The molecule has 0 heterocycles. The van der Waals surface area contributed by atoms with Crippen molar-refractivity contribution < 1.29 is 13.9 Å². The van der Waals surface area contributed by atoms with Crippen LogP contribution in [0.1, 0.15) is 18.1 Å². The van der Waals surface area contributed by atoms with Gasteiger partial charge in [0.1, 0.15) is 12.4 Å². The van der Waals surface area contributed by atoms with Crippen molar-refractivity contribution in [2.75, 3.05) is 11.9 Å². The van der Waals surface area contributed by atoms with Crippen LogP contribution < -0.4 is 14.8 Å². The minimum absolute atomic E-state index is 0.266. The van der Waals surface area contributed by atoms with Gasteiger partial charge in [0.05, 0.1) is 10.2 Å². The standard InChI is InChI=1S/C22H21FINO2/c1-2-26-21-13-17(14-25-19-9-4-3-5-10-19)12-20(24)22(21)27-15-16-7-6-8-18(23)11-16/h3-13,25H,2,14-15H2,1H3. The Kier molecular flexibility index (Phi) is 6.92. The largest absolute Gasteiger partial charge is 0.490 e. The highest BCUT2D eigenvalue weighted by Crippen LogP contribution is 2.35. The van der Waals surface area contributed by atoms with E-state index in [-0.39, 0.29) is 12.4 Å². The zero-order valence-electron chi connectivity index (χ0n) is 15.0. The lowest BCUT2D eigenvalue weighted by Gasteiger charge is -2.16. The maximum Gasteiger partial charge on any atom is 0.174 e. The first kappa shape index (κ1) is 19.5. The summed E-state index contributed by atoms with van der Waals surface area (Å²) in [4.78, 5) is 0. The Bertz CT molecular complexity index is 887. The van der Waals surface area contributed by atoms with Gasteiger partial charge in [-0.25, -0.2) is 4.39 Å². The maximum atomic E-state index is 13.4. The second-order valence-corrected chi connectivity index (χ2v) is 7.14. The van der Waals surface area contributed by atoms with Crippen LogP contribution in [-0.4, -0.2) is 6.61 Å². The van der Waals surface area contributed by atoms with E-state index in [0.29, 0.717) is 24.7 Å². The average Bonchev–Trinajstić information content (AvgIpc) is 2.67. The molecule has 0 aliphatic heterocycles. The molecule has 0 amide bonds. The molecule has 3 rings (SSSR count). The first-order chi connectivity index (χ1) is 13.2. The van der Waals surface area contributed by atoms with Crippen molar-refractivity contribution in [1.82, 2.24) is 0 Å². The van der Waals surface area contributed by atoms with Crippen LogP contribution in [0.5, 0.6) is 11.5 Å². The molecule has 0 aliphatic carbocycles. The lowest BCUT2D eigenvalue weighted by molar-refractivity contribution is 0.267.